The molecule has 4 aliphatic rings. The highest BCUT2D eigenvalue weighted by molar-refractivity contribution is 6.30. The minimum atomic E-state index is -4.66. The number of nitrogens with one attached hydrogen (secondary N) is 2. The van der Waals surface area contributed by atoms with E-state index in [1.54, 1.807) is 18.2 Å². The summed E-state index contributed by atoms with van der Waals surface area (Å²) >= 11 is 5.98. The quantitative estimate of drug-likeness (QED) is 0.498. The Hall–Kier alpha value is -2.08. The van der Waals surface area contributed by atoms with Crippen LogP contribution >= 0.6 is 11.6 Å². The van der Waals surface area contributed by atoms with Gasteiger partial charge in [-0.3, -0.25) is 14.3 Å². The highest BCUT2D eigenvalue weighted by Crippen LogP contribution is 2.45. The molecule has 1 aromatic carbocycles. The topological polar surface area (TPSA) is 106 Å². The van der Waals surface area contributed by atoms with Crippen molar-refractivity contribution in [1.29, 1.82) is 0 Å². The lowest BCUT2D eigenvalue weighted by molar-refractivity contribution is -0.357. The van der Waals surface area contributed by atoms with Crippen LogP contribution in [0.25, 0.3) is 0 Å². The number of halogens is 4. The summed E-state index contributed by atoms with van der Waals surface area (Å²) < 4.78 is 51.6. The normalized spacial score (nSPS) is 34.9. The monoisotopic (exact) mass is 532 g/mol. The second kappa shape index (κ2) is 10.00. The van der Waals surface area contributed by atoms with E-state index in [1.807, 2.05) is 0 Å². The van der Waals surface area contributed by atoms with Crippen molar-refractivity contribution >= 4 is 23.4 Å². The number of benzene rings is 1. The van der Waals surface area contributed by atoms with E-state index in [2.05, 4.69) is 15.4 Å². The SMILES string of the molecule is O=C(COC1CC(OC(F)(F)F)C1)N[C@H]1C[C@H]2C[C@@H]1C[C@@H]2NC(=O)[C@H]1C[C@@H](O)c2cc(Cl)ccc2O1. The zero-order valence-electron chi connectivity index (χ0n) is 19.3. The Balaban J connectivity index is 1.03. The number of fused-ring (bicyclic) bond motifs is 3. The first-order chi connectivity index (χ1) is 17.0. The van der Waals surface area contributed by atoms with E-state index < -0.39 is 30.8 Å². The van der Waals surface area contributed by atoms with Crippen molar-refractivity contribution in [3.8, 4) is 5.75 Å². The van der Waals surface area contributed by atoms with Crippen molar-refractivity contribution in [1.82, 2.24) is 10.6 Å². The number of hydrogen-bond acceptors (Lipinski definition) is 6. The van der Waals surface area contributed by atoms with Crippen LogP contribution in [0.3, 0.4) is 0 Å². The molecule has 3 fully saturated rings. The smallest absolute Gasteiger partial charge is 0.480 e. The molecule has 3 saturated carbocycles. The van der Waals surface area contributed by atoms with Crippen molar-refractivity contribution in [2.45, 2.75) is 81.4 Å². The Kier molecular flexibility index (Phi) is 7.10. The second-order valence-corrected chi connectivity index (χ2v) is 10.6. The molecule has 0 spiro atoms. The van der Waals surface area contributed by atoms with Gasteiger partial charge >= 0.3 is 6.36 Å². The summed E-state index contributed by atoms with van der Waals surface area (Å²) in [4.78, 5) is 25.1. The number of rotatable bonds is 7. The van der Waals surface area contributed by atoms with Crippen LogP contribution in [0.15, 0.2) is 18.2 Å². The van der Waals surface area contributed by atoms with E-state index in [-0.39, 0.29) is 61.6 Å². The standard InChI is InChI=1S/C24H28ClF3N2O6/c25-13-1-2-20-16(6-13)19(31)9-21(35-20)23(33)30-18-5-11-3-12(18)4-17(11)29-22(32)10-34-14-7-15(8-14)36-24(26,27)28/h1-2,6,11-12,14-15,17-19,21,31H,3-5,7-10H2,(H,29,32)(H,30,33)/t11-,12-,14?,15?,17+,18+,19-,21-/m1/s1. The summed E-state index contributed by atoms with van der Waals surface area (Å²) in [6, 6.07) is 4.88. The third kappa shape index (κ3) is 5.74. The van der Waals surface area contributed by atoms with Gasteiger partial charge in [0.15, 0.2) is 6.10 Å². The number of amides is 2. The Bertz CT molecular complexity index is 1000. The van der Waals surface area contributed by atoms with Gasteiger partial charge in [0.1, 0.15) is 12.4 Å². The fraction of sp³-hybridized carbons (Fsp3) is 0.667. The van der Waals surface area contributed by atoms with Gasteiger partial charge in [0.25, 0.3) is 5.91 Å². The van der Waals surface area contributed by atoms with Crippen molar-refractivity contribution in [2.24, 2.45) is 11.8 Å². The van der Waals surface area contributed by atoms with Gasteiger partial charge in [-0.2, -0.15) is 0 Å². The molecule has 198 valence electrons. The van der Waals surface area contributed by atoms with Crippen molar-refractivity contribution in [3.63, 3.8) is 0 Å². The summed E-state index contributed by atoms with van der Waals surface area (Å²) in [5.74, 6) is 0.322. The number of alkyl halides is 3. The predicted octanol–water partition coefficient (Wildman–Crippen LogP) is 3.01. The predicted molar refractivity (Wildman–Crippen MR) is 120 cm³/mol. The van der Waals surface area contributed by atoms with Gasteiger partial charge in [0.05, 0.1) is 18.3 Å². The van der Waals surface area contributed by atoms with E-state index in [0.717, 1.165) is 19.3 Å². The third-order valence-electron chi connectivity index (χ3n) is 7.66. The molecule has 8 nitrogen and oxygen atoms in total. The number of ether oxygens (including phenoxy) is 3. The first-order valence-corrected chi connectivity index (χ1v) is 12.5. The Morgan fingerprint density at radius 1 is 1.03 bits per heavy atom. The van der Waals surface area contributed by atoms with Crippen LogP contribution in [0.4, 0.5) is 13.2 Å². The maximum atomic E-state index is 12.9. The molecule has 12 heteroatoms. The number of carbonyl (C=O) groups is 2. The fourth-order valence-electron chi connectivity index (χ4n) is 5.86. The van der Waals surface area contributed by atoms with Crippen molar-refractivity contribution < 1.29 is 42.1 Å². The highest BCUT2D eigenvalue weighted by atomic mass is 35.5. The lowest BCUT2D eigenvalue weighted by Gasteiger charge is -2.35. The molecule has 2 amide bonds. The maximum absolute atomic E-state index is 12.9. The molecule has 2 bridgehead atoms. The van der Waals surface area contributed by atoms with Crippen LogP contribution in [0.2, 0.25) is 5.02 Å². The van der Waals surface area contributed by atoms with Gasteiger partial charge in [-0.1, -0.05) is 11.6 Å². The third-order valence-corrected chi connectivity index (χ3v) is 7.90. The van der Waals surface area contributed by atoms with Gasteiger partial charge in [-0.25, -0.2) is 0 Å². The van der Waals surface area contributed by atoms with Crippen LogP contribution in [0, 0.1) is 11.8 Å². The number of hydrogen-bond donors (Lipinski definition) is 3. The van der Waals surface area contributed by atoms with E-state index in [0.29, 0.717) is 16.3 Å². The van der Waals surface area contributed by atoms with Crippen LogP contribution in [-0.2, 0) is 19.1 Å². The fourth-order valence-corrected chi connectivity index (χ4v) is 6.04. The summed E-state index contributed by atoms with van der Waals surface area (Å²) in [5, 5.41) is 16.9. The number of carbonyl (C=O) groups excluding carboxylic acids is 2. The minimum Gasteiger partial charge on any atom is -0.480 e. The van der Waals surface area contributed by atoms with E-state index >= 15 is 0 Å². The summed E-state index contributed by atoms with van der Waals surface area (Å²) in [7, 11) is 0. The molecule has 1 aromatic rings. The van der Waals surface area contributed by atoms with Gasteiger partial charge in [-0.15, -0.1) is 13.2 Å². The summed E-state index contributed by atoms with van der Waals surface area (Å²) in [6.07, 6.45) is -4.91. The van der Waals surface area contributed by atoms with Crippen LogP contribution < -0.4 is 15.4 Å². The Labute approximate surface area is 210 Å². The van der Waals surface area contributed by atoms with Crippen LogP contribution in [-0.4, -0.2) is 60.3 Å². The molecule has 3 N–H and O–H groups in total. The lowest BCUT2D eigenvalue weighted by Crippen LogP contribution is -2.50. The average Bonchev–Trinajstić information content (AvgIpc) is 3.34. The summed E-state index contributed by atoms with van der Waals surface area (Å²) in [6.45, 7) is -0.203. The second-order valence-electron chi connectivity index (χ2n) is 10.1. The molecule has 0 aromatic heterocycles. The Morgan fingerprint density at radius 2 is 1.72 bits per heavy atom. The summed E-state index contributed by atoms with van der Waals surface area (Å²) in [5.41, 5.74) is 0.570. The molecule has 1 aliphatic heterocycles. The zero-order valence-corrected chi connectivity index (χ0v) is 20.1. The lowest BCUT2D eigenvalue weighted by atomic mass is 9.90. The molecular weight excluding hydrogens is 505 g/mol. The highest BCUT2D eigenvalue weighted by Gasteiger charge is 2.48. The largest absolute Gasteiger partial charge is 0.522 e. The van der Waals surface area contributed by atoms with Gasteiger partial charge in [0.2, 0.25) is 5.91 Å². The molecular formula is C24H28ClF3N2O6. The minimum absolute atomic E-state index is 0.0219. The molecule has 0 saturated heterocycles. The van der Waals surface area contributed by atoms with Crippen molar-refractivity contribution in [3.05, 3.63) is 28.8 Å². The Morgan fingerprint density at radius 3 is 2.39 bits per heavy atom. The maximum Gasteiger partial charge on any atom is 0.522 e. The molecule has 6 atom stereocenters. The van der Waals surface area contributed by atoms with Gasteiger partial charge < -0.3 is 25.2 Å². The molecule has 36 heavy (non-hydrogen) atoms. The number of aliphatic hydroxyl groups is 1. The van der Waals surface area contributed by atoms with Crippen LogP contribution in [0.5, 0.6) is 5.75 Å². The first-order valence-electron chi connectivity index (χ1n) is 12.1. The van der Waals surface area contributed by atoms with Crippen molar-refractivity contribution in [2.75, 3.05) is 6.61 Å². The van der Waals surface area contributed by atoms with Gasteiger partial charge in [0, 0.05) is 41.9 Å². The van der Waals surface area contributed by atoms with Crippen LogP contribution in [0.1, 0.15) is 50.2 Å². The molecule has 0 unspecified atom stereocenters. The van der Waals surface area contributed by atoms with E-state index in [1.165, 1.54) is 0 Å². The van der Waals surface area contributed by atoms with E-state index in [4.69, 9.17) is 21.1 Å². The zero-order chi connectivity index (χ0) is 25.6. The molecule has 3 aliphatic carbocycles. The van der Waals surface area contributed by atoms with E-state index in [9.17, 15) is 27.9 Å². The molecule has 0 radical (unpaired) electrons. The van der Waals surface area contributed by atoms with Gasteiger partial charge in [-0.05, 0) is 49.3 Å². The molecule has 1 heterocycles. The first kappa shape index (κ1) is 25.6. The number of aliphatic hydroxyl groups excluding tert-OH is 1. The average molecular weight is 533 g/mol. The molecule has 5 rings (SSSR count).